The van der Waals surface area contributed by atoms with Crippen LogP contribution in [0.25, 0.3) is 0 Å². The van der Waals surface area contributed by atoms with Gasteiger partial charge in [0.25, 0.3) is 5.91 Å². The van der Waals surface area contributed by atoms with Gasteiger partial charge in [0.15, 0.2) is 6.61 Å². The summed E-state index contributed by atoms with van der Waals surface area (Å²) in [6.45, 7) is -0.468. The summed E-state index contributed by atoms with van der Waals surface area (Å²) in [4.78, 5) is 27.2. The van der Waals surface area contributed by atoms with Crippen molar-refractivity contribution in [2.75, 3.05) is 17.7 Å². The van der Waals surface area contributed by atoms with E-state index in [1.165, 1.54) is 24.4 Å². The van der Waals surface area contributed by atoms with Crippen molar-refractivity contribution in [3.63, 3.8) is 0 Å². The van der Waals surface area contributed by atoms with Gasteiger partial charge in [0.05, 0.1) is 22.6 Å². The number of ether oxygens (including phenoxy) is 1. The SMILES string of the molecule is Nc1ccc(C(=O)OCC(=O)Nc2ccc(Cl)cc2Cl)nc1. The number of amides is 1. The summed E-state index contributed by atoms with van der Waals surface area (Å²) in [7, 11) is 0. The van der Waals surface area contributed by atoms with Crippen LogP contribution in [0.1, 0.15) is 10.5 Å². The fourth-order valence-electron chi connectivity index (χ4n) is 1.51. The summed E-state index contributed by atoms with van der Waals surface area (Å²) < 4.78 is 4.84. The number of hydrogen-bond donors (Lipinski definition) is 2. The average molecular weight is 340 g/mol. The Morgan fingerprint density at radius 3 is 2.64 bits per heavy atom. The lowest BCUT2D eigenvalue weighted by atomic mass is 10.3. The number of carbonyl (C=O) groups is 2. The Morgan fingerprint density at radius 1 is 1.23 bits per heavy atom. The first-order chi connectivity index (χ1) is 10.5. The topological polar surface area (TPSA) is 94.3 Å². The molecule has 1 amide bonds. The minimum atomic E-state index is -0.725. The number of esters is 1. The Kier molecular flexibility index (Phi) is 5.19. The molecule has 0 aliphatic rings. The second-order valence-electron chi connectivity index (χ2n) is 4.23. The minimum absolute atomic E-state index is 0.0616. The number of nitrogens with two attached hydrogens (primary N) is 1. The molecule has 0 saturated heterocycles. The van der Waals surface area contributed by atoms with E-state index in [2.05, 4.69) is 10.3 Å². The molecule has 0 atom stereocenters. The molecule has 0 radical (unpaired) electrons. The van der Waals surface area contributed by atoms with E-state index < -0.39 is 18.5 Å². The van der Waals surface area contributed by atoms with Gasteiger partial charge in [-0.05, 0) is 30.3 Å². The molecule has 6 nitrogen and oxygen atoms in total. The number of nitrogens with zero attached hydrogens (tertiary/aromatic N) is 1. The molecule has 3 N–H and O–H groups in total. The molecule has 2 rings (SSSR count). The summed E-state index contributed by atoms with van der Waals surface area (Å²) >= 11 is 11.7. The molecule has 0 bridgehead atoms. The lowest BCUT2D eigenvalue weighted by Crippen LogP contribution is -2.21. The fourth-order valence-corrected chi connectivity index (χ4v) is 1.96. The third-order valence-electron chi connectivity index (χ3n) is 2.54. The second-order valence-corrected chi connectivity index (χ2v) is 5.07. The van der Waals surface area contributed by atoms with E-state index in [9.17, 15) is 9.59 Å². The molecule has 1 aromatic carbocycles. The molecular weight excluding hydrogens is 329 g/mol. The zero-order valence-electron chi connectivity index (χ0n) is 11.2. The zero-order chi connectivity index (χ0) is 16.1. The van der Waals surface area contributed by atoms with Crippen molar-refractivity contribution in [2.24, 2.45) is 0 Å². The predicted molar refractivity (Wildman–Crippen MR) is 84.0 cm³/mol. The Balaban J connectivity index is 1.89. The Hall–Kier alpha value is -2.31. The number of nitrogen functional groups attached to an aromatic ring is 1. The van der Waals surface area contributed by atoms with Crippen molar-refractivity contribution < 1.29 is 14.3 Å². The summed E-state index contributed by atoms with van der Waals surface area (Å²) in [6.07, 6.45) is 1.32. The molecular formula is C14H11Cl2N3O3. The van der Waals surface area contributed by atoms with Gasteiger partial charge in [0.1, 0.15) is 5.69 Å². The van der Waals surface area contributed by atoms with Gasteiger partial charge in [-0.2, -0.15) is 0 Å². The van der Waals surface area contributed by atoms with Crippen LogP contribution < -0.4 is 11.1 Å². The third-order valence-corrected chi connectivity index (χ3v) is 3.08. The van der Waals surface area contributed by atoms with E-state index in [0.717, 1.165) is 0 Å². The number of anilines is 2. The van der Waals surface area contributed by atoms with E-state index >= 15 is 0 Å². The molecule has 2 aromatic rings. The van der Waals surface area contributed by atoms with Gasteiger partial charge in [-0.15, -0.1) is 0 Å². The molecule has 0 saturated carbocycles. The van der Waals surface area contributed by atoms with Crippen molar-refractivity contribution >= 4 is 46.5 Å². The Bertz CT molecular complexity index is 705. The van der Waals surface area contributed by atoms with Gasteiger partial charge in [-0.3, -0.25) is 4.79 Å². The molecule has 8 heteroatoms. The molecule has 1 aromatic heterocycles. The number of halogens is 2. The van der Waals surface area contributed by atoms with E-state index in [4.69, 9.17) is 33.7 Å². The van der Waals surface area contributed by atoms with Crippen molar-refractivity contribution in [3.05, 3.63) is 52.3 Å². The van der Waals surface area contributed by atoms with Gasteiger partial charge < -0.3 is 15.8 Å². The van der Waals surface area contributed by atoms with Crippen molar-refractivity contribution in [1.82, 2.24) is 4.98 Å². The summed E-state index contributed by atoms with van der Waals surface area (Å²) in [5.41, 5.74) is 6.32. The first-order valence-corrected chi connectivity index (χ1v) is 6.85. The van der Waals surface area contributed by atoms with E-state index in [-0.39, 0.29) is 10.7 Å². The second kappa shape index (κ2) is 7.11. The highest BCUT2D eigenvalue weighted by Gasteiger charge is 2.12. The van der Waals surface area contributed by atoms with Crippen LogP contribution in [-0.4, -0.2) is 23.5 Å². The predicted octanol–water partition coefficient (Wildman–Crippen LogP) is 2.77. The van der Waals surface area contributed by atoms with Crippen molar-refractivity contribution in [1.29, 1.82) is 0 Å². The van der Waals surface area contributed by atoms with Crippen LogP contribution in [-0.2, 0) is 9.53 Å². The van der Waals surface area contributed by atoms with Gasteiger partial charge in [-0.1, -0.05) is 23.2 Å². The van der Waals surface area contributed by atoms with Gasteiger partial charge in [-0.25, -0.2) is 9.78 Å². The van der Waals surface area contributed by atoms with Crippen LogP contribution in [0.5, 0.6) is 0 Å². The molecule has 0 unspecified atom stereocenters. The summed E-state index contributed by atoms with van der Waals surface area (Å²) in [6, 6.07) is 7.53. The van der Waals surface area contributed by atoms with Gasteiger partial charge >= 0.3 is 5.97 Å². The standard InChI is InChI=1S/C14H11Cl2N3O3/c15-8-1-3-11(10(16)5-8)19-13(20)7-22-14(21)12-4-2-9(17)6-18-12/h1-6H,7,17H2,(H,19,20). The smallest absolute Gasteiger partial charge is 0.357 e. The Labute approximate surface area is 136 Å². The maximum Gasteiger partial charge on any atom is 0.357 e. The largest absolute Gasteiger partial charge is 0.451 e. The molecule has 0 aliphatic carbocycles. The van der Waals surface area contributed by atoms with Crippen LogP contribution >= 0.6 is 23.2 Å². The Morgan fingerprint density at radius 2 is 2.00 bits per heavy atom. The van der Waals surface area contributed by atoms with Crippen molar-refractivity contribution in [3.8, 4) is 0 Å². The highest BCUT2D eigenvalue weighted by molar-refractivity contribution is 6.36. The van der Waals surface area contributed by atoms with Crippen LogP contribution in [0.4, 0.5) is 11.4 Å². The third kappa shape index (κ3) is 4.34. The monoisotopic (exact) mass is 339 g/mol. The summed E-state index contributed by atoms with van der Waals surface area (Å²) in [5.74, 6) is -1.26. The first-order valence-electron chi connectivity index (χ1n) is 6.09. The van der Waals surface area contributed by atoms with E-state index in [1.807, 2.05) is 0 Å². The zero-order valence-corrected chi connectivity index (χ0v) is 12.7. The molecule has 114 valence electrons. The number of pyridine rings is 1. The van der Waals surface area contributed by atoms with E-state index in [1.54, 1.807) is 12.1 Å². The van der Waals surface area contributed by atoms with Gasteiger partial charge in [0, 0.05) is 5.02 Å². The number of rotatable bonds is 4. The van der Waals surface area contributed by atoms with Crippen LogP contribution in [0, 0.1) is 0 Å². The highest BCUT2D eigenvalue weighted by atomic mass is 35.5. The maximum atomic E-state index is 11.7. The fraction of sp³-hybridized carbons (Fsp3) is 0.0714. The average Bonchev–Trinajstić information content (AvgIpc) is 2.48. The molecule has 0 fully saturated rings. The first kappa shape index (κ1) is 16.1. The van der Waals surface area contributed by atoms with Crippen LogP contribution in [0.2, 0.25) is 10.0 Å². The number of carbonyl (C=O) groups excluding carboxylic acids is 2. The highest BCUT2D eigenvalue weighted by Crippen LogP contribution is 2.25. The molecule has 22 heavy (non-hydrogen) atoms. The lowest BCUT2D eigenvalue weighted by molar-refractivity contribution is -0.119. The number of hydrogen-bond acceptors (Lipinski definition) is 5. The van der Waals surface area contributed by atoms with Crippen molar-refractivity contribution in [2.45, 2.75) is 0 Å². The number of nitrogens with one attached hydrogen (secondary N) is 1. The van der Waals surface area contributed by atoms with Crippen LogP contribution in [0.3, 0.4) is 0 Å². The molecule has 0 aliphatic heterocycles. The molecule has 1 heterocycles. The van der Waals surface area contributed by atoms with Gasteiger partial charge in [0.2, 0.25) is 0 Å². The number of benzene rings is 1. The van der Waals surface area contributed by atoms with E-state index in [0.29, 0.717) is 16.4 Å². The minimum Gasteiger partial charge on any atom is -0.451 e. The number of aromatic nitrogens is 1. The summed E-state index contributed by atoms with van der Waals surface area (Å²) in [5, 5.41) is 3.24. The normalized spacial score (nSPS) is 10.1. The van der Waals surface area contributed by atoms with Crippen LogP contribution in [0.15, 0.2) is 36.5 Å². The molecule has 0 spiro atoms. The maximum absolute atomic E-state index is 11.7. The quantitative estimate of drug-likeness (QED) is 0.835. The lowest BCUT2D eigenvalue weighted by Gasteiger charge is -2.08.